The third kappa shape index (κ3) is 5.34. The fourth-order valence-corrected chi connectivity index (χ4v) is 3.66. The molecule has 1 aromatic rings. The number of rotatable bonds is 6. The maximum atomic E-state index is 13.0. The summed E-state index contributed by atoms with van der Waals surface area (Å²) < 4.78 is 16.0. The number of carbonyl (C=O) groups is 4. The zero-order valence-electron chi connectivity index (χ0n) is 18.4. The quantitative estimate of drug-likeness (QED) is 0.391. The van der Waals surface area contributed by atoms with Gasteiger partial charge in [0, 0.05) is 13.0 Å². The molecule has 170 valence electrons. The number of nitrogens with one attached hydrogen (secondary N) is 1. The Bertz CT molecular complexity index is 1030. The lowest BCUT2D eigenvalue weighted by molar-refractivity contribution is -0.145. The standard InChI is InChI=1S/C23H25NO7S/c1-22(2,3)31-21(28)24-9-5-7-15-11-14-12-18(25)23(4,19(26)16(14)13-29-15)30-20(27)17-8-6-10-32-17/h6,8,10-13H,5,7,9H2,1-4H3,(H,24,28). The van der Waals surface area contributed by atoms with E-state index in [1.54, 1.807) is 44.4 Å². The Labute approximate surface area is 189 Å². The molecule has 0 saturated heterocycles. The molecule has 0 bridgehead atoms. The van der Waals surface area contributed by atoms with Crippen molar-refractivity contribution in [3.63, 3.8) is 0 Å². The van der Waals surface area contributed by atoms with Crippen LogP contribution in [0.1, 0.15) is 50.2 Å². The van der Waals surface area contributed by atoms with E-state index in [4.69, 9.17) is 14.2 Å². The fourth-order valence-electron chi connectivity index (χ4n) is 3.07. The van der Waals surface area contributed by atoms with Crippen molar-refractivity contribution in [2.45, 2.75) is 51.7 Å². The van der Waals surface area contributed by atoms with Crippen LogP contribution in [0.2, 0.25) is 0 Å². The maximum Gasteiger partial charge on any atom is 0.407 e. The van der Waals surface area contributed by atoms with E-state index in [9.17, 15) is 19.2 Å². The van der Waals surface area contributed by atoms with Gasteiger partial charge in [-0.3, -0.25) is 9.59 Å². The fraction of sp³-hybridized carbons (Fsp3) is 0.391. The second-order valence-corrected chi connectivity index (χ2v) is 9.43. The molecule has 32 heavy (non-hydrogen) atoms. The predicted molar refractivity (Wildman–Crippen MR) is 117 cm³/mol. The highest BCUT2D eigenvalue weighted by molar-refractivity contribution is 7.12. The van der Waals surface area contributed by atoms with Crippen molar-refractivity contribution < 1.29 is 33.4 Å². The third-order valence-electron chi connectivity index (χ3n) is 4.68. The molecule has 0 spiro atoms. The average molecular weight is 460 g/mol. The Morgan fingerprint density at radius 3 is 2.62 bits per heavy atom. The van der Waals surface area contributed by atoms with Crippen LogP contribution in [0.5, 0.6) is 0 Å². The molecule has 1 aliphatic heterocycles. The van der Waals surface area contributed by atoms with Crippen molar-refractivity contribution in [2.75, 3.05) is 6.54 Å². The zero-order chi connectivity index (χ0) is 23.5. The second kappa shape index (κ2) is 9.12. The largest absolute Gasteiger partial charge is 0.469 e. The van der Waals surface area contributed by atoms with Gasteiger partial charge in [0.15, 0.2) is 0 Å². The minimum Gasteiger partial charge on any atom is -0.469 e. The highest BCUT2D eigenvalue weighted by Crippen LogP contribution is 2.34. The molecule has 1 unspecified atom stereocenters. The molecule has 1 atom stereocenters. The lowest BCUT2D eigenvalue weighted by Gasteiger charge is -2.31. The lowest BCUT2D eigenvalue weighted by atomic mass is 9.80. The van der Waals surface area contributed by atoms with Gasteiger partial charge in [0.25, 0.3) is 0 Å². The highest BCUT2D eigenvalue weighted by Gasteiger charge is 2.49. The van der Waals surface area contributed by atoms with Gasteiger partial charge in [0.2, 0.25) is 17.2 Å². The van der Waals surface area contributed by atoms with E-state index in [-0.39, 0.29) is 5.57 Å². The summed E-state index contributed by atoms with van der Waals surface area (Å²) in [5, 5.41) is 4.36. The van der Waals surface area contributed by atoms with Gasteiger partial charge in [-0.05, 0) is 63.3 Å². The first-order chi connectivity index (χ1) is 15.0. The van der Waals surface area contributed by atoms with Crippen LogP contribution in [-0.4, -0.2) is 41.4 Å². The summed E-state index contributed by atoms with van der Waals surface area (Å²) in [5.41, 5.74) is -1.94. The number of hydrogen-bond acceptors (Lipinski definition) is 8. The monoisotopic (exact) mass is 459 g/mol. The lowest BCUT2D eigenvalue weighted by Crippen LogP contribution is -2.50. The van der Waals surface area contributed by atoms with Gasteiger partial charge in [-0.25, -0.2) is 9.59 Å². The van der Waals surface area contributed by atoms with Crippen LogP contribution in [0.4, 0.5) is 4.79 Å². The van der Waals surface area contributed by atoms with E-state index in [1.165, 1.54) is 19.3 Å². The van der Waals surface area contributed by atoms with E-state index in [0.717, 1.165) is 11.3 Å². The van der Waals surface area contributed by atoms with E-state index in [1.807, 2.05) is 0 Å². The molecule has 0 aromatic carbocycles. The van der Waals surface area contributed by atoms with Crippen molar-refractivity contribution >= 4 is 35.0 Å². The molecular formula is C23H25NO7S. The van der Waals surface area contributed by atoms with Crippen LogP contribution in [0.3, 0.4) is 0 Å². The molecule has 1 amide bonds. The van der Waals surface area contributed by atoms with Crippen LogP contribution in [0, 0.1) is 0 Å². The third-order valence-corrected chi connectivity index (χ3v) is 5.53. The summed E-state index contributed by atoms with van der Waals surface area (Å²) >= 11 is 1.16. The van der Waals surface area contributed by atoms with Crippen LogP contribution < -0.4 is 5.32 Å². The number of ketones is 2. The maximum absolute atomic E-state index is 13.0. The number of hydrogen-bond donors (Lipinski definition) is 1. The Kier molecular flexibility index (Phi) is 6.68. The molecule has 1 aliphatic carbocycles. The van der Waals surface area contributed by atoms with Crippen molar-refractivity contribution in [1.29, 1.82) is 0 Å². The van der Waals surface area contributed by atoms with Gasteiger partial charge >= 0.3 is 12.1 Å². The van der Waals surface area contributed by atoms with Crippen LogP contribution in [-0.2, 0) is 23.8 Å². The predicted octanol–water partition coefficient (Wildman–Crippen LogP) is 3.84. The molecular weight excluding hydrogens is 434 g/mol. The molecule has 2 aliphatic rings. The molecule has 2 heterocycles. The molecule has 0 radical (unpaired) electrons. The summed E-state index contributed by atoms with van der Waals surface area (Å²) in [4.78, 5) is 50.0. The van der Waals surface area contributed by atoms with Gasteiger partial charge in [-0.1, -0.05) is 6.07 Å². The molecule has 8 nitrogen and oxygen atoms in total. The normalized spacial score (nSPS) is 20.3. The van der Waals surface area contributed by atoms with E-state index in [2.05, 4.69) is 5.32 Å². The van der Waals surface area contributed by atoms with Gasteiger partial charge in [0.05, 0.1) is 5.57 Å². The summed E-state index contributed by atoms with van der Waals surface area (Å²) in [6.07, 6.45) is 4.72. The Hall–Kier alpha value is -3.20. The topological polar surface area (TPSA) is 108 Å². The average Bonchev–Trinajstić information content (AvgIpc) is 3.23. The first-order valence-corrected chi connectivity index (χ1v) is 11.0. The summed E-state index contributed by atoms with van der Waals surface area (Å²) in [5.74, 6) is -1.42. The molecule has 0 saturated carbocycles. The van der Waals surface area contributed by atoms with E-state index in [0.29, 0.717) is 35.6 Å². The number of ether oxygens (including phenoxy) is 3. The number of allylic oxidation sites excluding steroid dienone is 3. The first kappa shape index (κ1) is 23.5. The highest BCUT2D eigenvalue weighted by atomic mass is 32.1. The number of esters is 1. The number of alkyl carbamates (subject to hydrolysis) is 1. The summed E-state index contributed by atoms with van der Waals surface area (Å²) in [7, 11) is 0. The molecule has 1 N–H and O–H groups in total. The van der Waals surface area contributed by atoms with Gasteiger partial charge in [-0.2, -0.15) is 0 Å². The second-order valence-electron chi connectivity index (χ2n) is 8.49. The van der Waals surface area contributed by atoms with Gasteiger partial charge in [-0.15, -0.1) is 11.3 Å². The Morgan fingerprint density at radius 1 is 1.22 bits per heavy atom. The van der Waals surface area contributed by atoms with Gasteiger partial charge < -0.3 is 19.5 Å². The molecule has 9 heteroatoms. The first-order valence-electron chi connectivity index (χ1n) is 10.1. The number of Topliss-reactive ketones (excluding diaryl/α,β-unsaturated/α-hetero) is 1. The number of fused-ring (bicyclic) bond motifs is 1. The minimum atomic E-state index is -1.94. The minimum absolute atomic E-state index is 0.168. The molecule has 1 aromatic heterocycles. The summed E-state index contributed by atoms with van der Waals surface area (Å²) in [6, 6.07) is 3.24. The Balaban J connectivity index is 1.61. The van der Waals surface area contributed by atoms with Crippen LogP contribution >= 0.6 is 11.3 Å². The van der Waals surface area contributed by atoms with Gasteiger partial charge in [0.1, 0.15) is 22.5 Å². The van der Waals surface area contributed by atoms with Crippen molar-refractivity contribution in [3.05, 3.63) is 57.7 Å². The SMILES string of the molecule is CC(C)(C)OC(=O)NCCCC1=CC2=CC(=O)C(C)(OC(=O)c3cccs3)C(=O)C2=CO1. The van der Waals surface area contributed by atoms with E-state index >= 15 is 0 Å². The molecule has 3 rings (SSSR count). The van der Waals surface area contributed by atoms with Crippen molar-refractivity contribution in [2.24, 2.45) is 0 Å². The smallest absolute Gasteiger partial charge is 0.407 e. The molecule has 0 fully saturated rings. The zero-order valence-corrected chi connectivity index (χ0v) is 19.2. The van der Waals surface area contributed by atoms with Crippen molar-refractivity contribution in [3.8, 4) is 0 Å². The van der Waals surface area contributed by atoms with Crippen LogP contribution in [0.25, 0.3) is 0 Å². The van der Waals surface area contributed by atoms with Crippen molar-refractivity contribution in [1.82, 2.24) is 5.32 Å². The number of thiophene rings is 1. The van der Waals surface area contributed by atoms with E-state index < -0.39 is 34.8 Å². The summed E-state index contributed by atoms with van der Waals surface area (Å²) in [6.45, 7) is 7.02. The number of carbonyl (C=O) groups excluding carboxylic acids is 4. The Morgan fingerprint density at radius 2 is 1.97 bits per heavy atom. The van der Waals surface area contributed by atoms with Crippen LogP contribution in [0.15, 0.2) is 52.8 Å². The number of amides is 1.